The smallest absolute Gasteiger partial charge is 0.186 e. The number of aromatic nitrogens is 1. The fraction of sp³-hybridized carbons (Fsp3) is 0.750. The molecule has 1 unspecified atom stereocenters. The van der Waals surface area contributed by atoms with Gasteiger partial charge in [-0.1, -0.05) is 37.5 Å². The zero-order valence-corrected chi connectivity index (χ0v) is 13.1. The van der Waals surface area contributed by atoms with E-state index in [9.17, 15) is 4.79 Å². The van der Waals surface area contributed by atoms with Crippen LogP contribution in [0.2, 0.25) is 0 Å². The highest BCUT2D eigenvalue weighted by Gasteiger charge is 2.35. The standard InChI is InChI=1S/C16H24N2OS/c1-2-6-13-15(11-19)20-16(17-13)18-10-5-9-14(18)12-7-3-4-8-12/h11-12,14H,2-10H2,1H3. The summed E-state index contributed by atoms with van der Waals surface area (Å²) in [5.41, 5.74) is 1.01. The van der Waals surface area contributed by atoms with Crippen LogP contribution < -0.4 is 4.90 Å². The van der Waals surface area contributed by atoms with Crippen LogP contribution in [0, 0.1) is 5.92 Å². The molecule has 1 saturated heterocycles. The molecule has 1 saturated carbocycles. The largest absolute Gasteiger partial charge is 0.345 e. The van der Waals surface area contributed by atoms with Crippen LogP contribution in [0.3, 0.4) is 0 Å². The van der Waals surface area contributed by atoms with Crippen molar-refractivity contribution in [2.24, 2.45) is 5.92 Å². The Bertz CT molecular complexity index is 465. The lowest BCUT2D eigenvalue weighted by molar-refractivity contribution is 0.112. The number of rotatable bonds is 5. The third-order valence-electron chi connectivity index (χ3n) is 4.80. The van der Waals surface area contributed by atoms with Gasteiger partial charge in [-0.2, -0.15) is 0 Å². The molecule has 0 N–H and O–H groups in total. The summed E-state index contributed by atoms with van der Waals surface area (Å²) >= 11 is 1.61. The monoisotopic (exact) mass is 292 g/mol. The molecular formula is C16H24N2OS. The Morgan fingerprint density at radius 1 is 1.30 bits per heavy atom. The van der Waals surface area contributed by atoms with Crippen LogP contribution in [0.15, 0.2) is 0 Å². The molecule has 1 aromatic rings. The van der Waals surface area contributed by atoms with Gasteiger partial charge in [-0.3, -0.25) is 4.79 Å². The predicted molar refractivity (Wildman–Crippen MR) is 83.8 cm³/mol. The van der Waals surface area contributed by atoms with E-state index in [1.54, 1.807) is 11.3 Å². The Labute approximate surface area is 125 Å². The summed E-state index contributed by atoms with van der Waals surface area (Å²) in [4.78, 5) is 19.4. The van der Waals surface area contributed by atoms with Gasteiger partial charge < -0.3 is 4.90 Å². The molecule has 0 amide bonds. The van der Waals surface area contributed by atoms with E-state index in [0.29, 0.717) is 6.04 Å². The first kappa shape index (κ1) is 14.1. The Hall–Kier alpha value is -0.900. The molecule has 2 heterocycles. The summed E-state index contributed by atoms with van der Waals surface area (Å²) in [6.45, 7) is 3.27. The number of hydrogen-bond acceptors (Lipinski definition) is 4. The van der Waals surface area contributed by atoms with Crippen LogP contribution in [-0.4, -0.2) is 23.9 Å². The normalized spacial score (nSPS) is 23.6. The SMILES string of the molecule is CCCc1nc(N2CCCC2C2CCCC2)sc1C=O. The van der Waals surface area contributed by atoms with Crippen molar-refractivity contribution < 1.29 is 4.79 Å². The molecular weight excluding hydrogens is 268 g/mol. The second kappa shape index (κ2) is 6.25. The van der Waals surface area contributed by atoms with Gasteiger partial charge in [0.25, 0.3) is 0 Å². The molecule has 1 aliphatic carbocycles. The lowest BCUT2D eigenvalue weighted by atomic mass is 9.96. The zero-order chi connectivity index (χ0) is 13.9. The summed E-state index contributed by atoms with van der Waals surface area (Å²) in [7, 11) is 0. The fourth-order valence-corrected chi connectivity index (χ4v) is 4.85. The van der Waals surface area contributed by atoms with Crippen LogP contribution in [0.5, 0.6) is 0 Å². The van der Waals surface area contributed by atoms with Gasteiger partial charge in [0.15, 0.2) is 11.4 Å². The van der Waals surface area contributed by atoms with E-state index >= 15 is 0 Å². The van der Waals surface area contributed by atoms with E-state index in [1.165, 1.54) is 38.5 Å². The van der Waals surface area contributed by atoms with Gasteiger partial charge in [0.05, 0.1) is 10.6 Å². The molecule has 2 fully saturated rings. The molecule has 2 aliphatic rings. The van der Waals surface area contributed by atoms with Gasteiger partial charge in [0, 0.05) is 12.6 Å². The number of aldehydes is 1. The quantitative estimate of drug-likeness (QED) is 0.767. The van der Waals surface area contributed by atoms with Crippen LogP contribution in [0.4, 0.5) is 5.13 Å². The van der Waals surface area contributed by atoms with E-state index < -0.39 is 0 Å². The van der Waals surface area contributed by atoms with Crippen molar-refractivity contribution in [1.29, 1.82) is 0 Å². The van der Waals surface area contributed by atoms with Crippen molar-refractivity contribution in [1.82, 2.24) is 4.98 Å². The molecule has 3 rings (SSSR count). The second-order valence-corrected chi connectivity index (χ2v) is 7.13. The molecule has 1 aromatic heterocycles. The van der Waals surface area contributed by atoms with Crippen molar-refractivity contribution >= 4 is 22.8 Å². The first-order valence-electron chi connectivity index (χ1n) is 8.05. The summed E-state index contributed by atoms with van der Waals surface area (Å²) in [6, 6.07) is 0.678. The van der Waals surface area contributed by atoms with E-state index in [2.05, 4.69) is 11.8 Å². The van der Waals surface area contributed by atoms with Gasteiger partial charge in [0.1, 0.15) is 0 Å². The van der Waals surface area contributed by atoms with Gasteiger partial charge in [-0.05, 0) is 38.0 Å². The maximum absolute atomic E-state index is 11.2. The second-order valence-electron chi connectivity index (χ2n) is 6.12. The average molecular weight is 292 g/mol. The highest BCUT2D eigenvalue weighted by Crippen LogP contribution is 2.39. The lowest BCUT2D eigenvalue weighted by Gasteiger charge is -2.29. The van der Waals surface area contributed by atoms with Gasteiger partial charge in [-0.25, -0.2) is 4.98 Å². The summed E-state index contributed by atoms with van der Waals surface area (Å²) in [5.74, 6) is 0.857. The van der Waals surface area contributed by atoms with Crippen LogP contribution in [-0.2, 0) is 6.42 Å². The maximum Gasteiger partial charge on any atom is 0.186 e. The third kappa shape index (κ3) is 2.62. The summed E-state index contributed by atoms with van der Waals surface area (Å²) in [5, 5.41) is 1.10. The van der Waals surface area contributed by atoms with Crippen molar-refractivity contribution in [3.8, 4) is 0 Å². The van der Waals surface area contributed by atoms with Crippen LogP contribution >= 0.6 is 11.3 Å². The van der Waals surface area contributed by atoms with Gasteiger partial charge in [-0.15, -0.1) is 0 Å². The molecule has 0 aromatic carbocycles. The number of hydrogen-bond donors (Lipinski definition) is 0. The molecule has 0 radical (unpaired) electrons. The Morgan fingerprint density at radius 2 is 2.10 bits per heavy atom. The minimum absolute atomic E-state index is 0.678. The number of carbonyl (C=O) groups excluding carboxylic acids is 1. The molecule has 3 nitrogen and oxygen atoms in total. The molecule has 0 spiro atoms. The molecule has 1 aliphatic heterocycles. The van der Waals surface area contributed by atoms with E-state index in [0.717, 1.165) is 47.3 Å². The minimum Gasteiger partial charge on any atom is -0.345 e. The number of carbonyl (C=O) groups is 1. The number of nitrogens with zero attached hydrogens (tertiary/aromatic N) is 2. The molecule has 1 atom stereocenters. The third-order valence-corrected chi connectivity index (χ3v) is 5.86. The summed E-state index contributed by atoms with van der Waals surface area (Å²) in [6.07, 6.45) is 11.1. The van der Waals surface area contributed by atoms with Crippen molar-refractivity contribution in [3.05, 3.63) is 10.6 Å². The molecule has 20 heavy (non-hydrogen) atoms. The topological polar surface area (TPSA) is 33.2 Å². The van der Waals surface area contributed by atoms with E-state index in [4.69, 9.17) is 4.98 Å². The fourth-order valence-electron chi connectivity index (χ4n) is 3.84. The van der Waals surface area contributed by atoms with Crippen LogP contribution in [0.1, 0.15) is 67.2 Å². The summed E-state index contributed by atoms with van der Waals surface area (Å²) < 4.78 is 0. The first-order valence-corrected chi connectivity index (χ1v) is 8.86. The highest BCUT2D eigenvalue weighted by atomic mass is 32.1. The van der Waals surface area contributed by atoms with E-state index in [1.807, 2.05) is 0 Å². The molecule has 110 valence electrons. The Balaban J connectivity index is 1.81. The average Bonchev–Trinajstić information content (AvgIpc) is 3.18. The van der Waals surface area contributed by atoms with Crippen molar-refractivity contribution in [2.75, 3.05) is 11.4 Å². The number of anilines is 1. The van der Waals surface area contributed by atoms with Gasteiger partial charge >= 0.3 is 0 Å². The first-order chi connectivity index (χ1) is 9.83. The van der Waals surface area contributed by atoms with Gasteiger partial charge in [0.2, 0.25) is 0 Å². The predicted octanol–water partition coefficient (Wildman–Crippen LogP) is 4.07. The van der Waals surface area contributed by atoms with Crippen molar-refractivity contribution in [3.63, 3.8) is 0 Å². The van der Waals surface area contributed by atoms with Crippen LogP contribution in [0.25, 0.3) is 0 Å². The zero-order valence-electron chi connectivity index (χ0n) is 12.3. The molecule has 0 bridgehead atoms. The number of aryl methyl sites for hydroxylation is 1. The number of thiazole rings is 1. The highest BCUT2D eigenvalue weighted by molar-refractivity contribution is 7.17. The Morgan fingerprint density at radius 3 is 2.80 bits per heavy atom. The lowest BCUT2D eigenvalue weighted by Crippen LogP contribution is -2.34. The minimum atomic E-state index is 0.678. The maximum atomic E-state index is 11.2. The van der Waals surface area contributed by atoms with E-state index in [-0.39, 0.29) is 0 Å². The van der Waals surface area contributed by atoms with Crippen molar-refractivity contribution in [2.45, 2.75) is 64.3 Å². The molecule has 4 heteroatoms. The Kier molecular flexibility index (Phi) is 4.39.